The molecule has 0 aliphatic heterocycles. The molecule has 0 radical (unpaired) electrons. The van der Waals surface area contributed by atoms with E-state index in [-0.39, 0.29) is 5.92 Å². The lowest BCUT2D eigenvalue weighted by Crippen LogP contribution is -2.45. The Morgan fingerprint density at radius 1 is 1.42 bits per heavy atom. The van der Waals surface area contributed by atoms with Crippen LogP contribution in [0.15, 0.2) is 0 Å². The SMILES string of the molecule is N[C@@H](C(=O)O)[C@H]1CCCC[C@@H]1O. The van der Waals surface area contributed by atoms with Crippen molar-refractivity contribution in [2.45, 2.75) is 37.8 Å². The Morgan fingerprint density at radius 2 is 2.00 bits per heavy atom. The van der Waals surface area contributed by atoms with Crippen molar-refractivity contribution in [2.24, 2.45) is 11.7 Å². The van der Waals surface area contributed by atoms with Crippen molar-refractivity contribution in [1.82, 2.24) is 0 Å². The number of hydrogen-bond donors (Lipinski definition) is 3. The molecule has 4 heteroatoms. The highest BCUT2D eigenvalue weighted by molar-refractivity contribution is 5.73. The molecule has 0 aromatic rings. The molecule has 0 saturated heterocycles. The molecule has 0 aromatic heterocycles. The van der Waals surface area contributed by atoms with Gasteiger partial charge in [0.2, 0.25) is 0 Å². The van der Waals surface area contributed by atoms with Crippen molar-refractivity contribution in [3.63, 3.8) is 0 Å². The molecule has 4 nitrogen and oxygen atoms in total. The lowest BCUT2D eigenvalue weighted by Gasteiger charge is -2.29. The third-order valence-electron chi connectivity index (χ3n) is 2.53. The van der Waals surface area contributed by atoms with Crippen LogP contribution in [0.1, 0.15) is 25.7 Å². The maximum atomic E-state index is 10.5. The molecule has 1 rings (SSSR count). The normalized spacial score (nSPS) is 32.8. The van der Waals surface area contributed by atoms with Gasteiger partial charge in [0, 0.05) is 5.92 Å². The second kappa shape index (κ2) is 3.87. The van der Waals surface area contributed by atoms with Gasteiger partial charge in [0.25, 0.3) is 0 Å². The van der Waals surface area contributed by atoms with Crippen LogP contribution in [-0.4, -0.2) is 28.3 Å². The molecular formula is C8H15NO3. The maximum Gasteiger partial charge on any atom is 0.320 e. The molecule has 1 saturated carbocycles. The summed E-state index contributed by atoms with van der Waals surface area (Å²) in [4.78, 5) is 10.5. The zero-order valence-electron chi connectivity index (χ0n) is 6.94. The highest BCUT2D eigenvalue weighted by Crippen LogP contribution is 2.26. The summed E-state index contributed by atoms with van der Waals surface area (Å²) in [5.74, 6) is -1.27. The van der Waals surface area contributed by atoms with Gasteiger partial charge in [-0.3, -0.25) is 4.79 Å². The largest absolute Gasteiger partial charge is 0.480 e. The summed E-state index contributed by atoms with van der Waals surface area (Å²) in [5.41, 5.74) is 5.42. The van der Waals surface area contributed by atoms with Crippen molar-refractivity contribution in [1.29, 1.82) is 0 Å². The third kappa shape index (κ3) is 1.95. The van der Waals surface area contributed by atoms with Gasteiger partial charge in [0.1, 0.15) is 6.04 Å². The van der Waals surface area contributed by atoms with Crippen LogP contribution < -0.4 is 5.73 Å². The van der Waals surface area contributed by atoms with E-state index in [0.717, 1.165) is 19.3 Å². The molecule has 0 bridgehead atoms. The first kappa shape index (κ1) is 9.48. The molecular weight excluding hydrogens is 158 g/mol. The quantitative estimate of drug-likeness (QED) is 0.546. The van der Waals surface area contributed by atoms with E-state index in [0.29, 0.717) is 6.42 Å². The topological polar surface area (TPSA) is 83.6 Å². The average molecular weight is 173 g/mol. The summed E-state index contributed by atoms with van der Waals surface area (Å²) in [6.45, 7) is 0. The molecule has 1 fully saturated rings. The number of nitrogens with two attached hydrogens (primary N) is 1. The van der Waals surface area contributed by atoms with Gasteiger partial charge in [-0.2, -0.15) is 0 Å². The summed E-state index contributed by atoms with van der Waals surface area (Å²) < 4.78 is 0. The fraction of sp³-hybridized carbons (Fsp3) is 0.875. The van der Waals surface area contributed by atoms with Crippen LogP contribution in [0.3, 0.4) is 0 Å². The van der Waals surface area contributed by atoms with E-state index in [4.69, 9.17) is 10.8 Å². The summed E-state index contributed by atoms with van der Waals surface area (Å²) in [7, 11) is 0. The van der Waals surface area contributed by atoms with Crippen molar-refractivity contribution < 1.29 is 15.0 Å². The Labute approximate surface area is 71.4 Å². The van der Waals surface area contributed by atoms with Crippen molar-refractivity contribution in [3.05, 3.63) is 0 Å². The number of aliphatic carboxylic acids is 1. The van der Waals surface area contributed by atoms with Gasteiger partial charge >= 0.3 is 5.97 Å². The highest BCUT2D eigenvalue weighted by Gasteiger charge is 2.32. The van der Waals surface area contributed by atoms with E-state index in [2.05, 4.69) is 0 Å². The summed E-state index contributed by atoms with van der Waals surface area (Å²) >= 11 is 0. The van der Waals surface area contributed by atoms with Crippen LogP contribution >= 0.6 is 0 Å². The zero-order valence-corrected chi connectivity index (χ0v) is 6.94. The zero-order chi connectivity index (χ0) is 9.14. The summed E-state index contributed by atoms with van der Waals surface area (Å²) in [5, 5.41) is 18.1. The molecule has 3 atom stereocenters. The van der Waals surface area contributed by atoms with E-state index in [1.54, 1.807) is 0 Å². The fourth-order valence-corrected chi connectivity index (χ4v) is 1.74. The molecule has 4 N–H and O–H groups in total. The Balaban J connectivity index is 2.53. The predicted molar refractivity (Wildman–Crippen MR) is 43.6 cm³/mol. The minimum Gasteiger partial charge on any atom is -0.480 e. The monoisotopic (exact) mass is 173 g/mol. The first-order valence-corrected chi connectivity index (χ1v) is 4.29. The molecule has 1 aliphatic rings. The predicted octanol–water partition coefficient (Wildman–Crippen LogP) is -0.0506. The first-order valence-electron chi connectivity index (χ1n) is 4.29. The number of carbonyl (C=O) groups is 1. The number of carboxylic acid groups (broad SMARTS) is 1. The van der Waals surface area contributed by atoms with Gasteiger partial charge in [-0.1, -0.05) is 12.8 Å². The minimum absolute atomic E-state index is 0.253. The maximum absolute atomic E-state index is 10.5. The Hall–Kier alpha value is -0.610. The second-order valence-electron chi connectivity index (χ2n) is 3.38. The lowest BCUT2D eigenvalue weighted by molar-refractivity contribution is -0.141. The summed E-state index contributed by atoms with van der Waals surface area (Å²) in [6.07, 6.45) is 2.84. The molecule has 12 heavy (non-hydrogen) atoms. The van der Waals surface area contributed by atoms with Crippen LogP contribution in [0.2, 0.25) is 0 Å². The highest BCUT2D eigenvalue weighted by atomic mass is 16.4. The third-order valence-corrected chi connectivity index (χ3v) is 2.53. The van der Waals surface area contributed by atoms with E-state index < -0.39 is 18.1 Å². The van der Waals surface area contributed by atoms with Gasteiger partial charge in [-0.25, -0.2) is 0 Å². The number of rotatable bonds is 2. The standard InChI is InChI=1S/C8H15NO3/c9-7(8(11)12)5-3-1-2-4-6(5)10/h5-7,10H,1-4,9H2,(H,11,12)/t5-,6-,7+/m0/s1. The van der Waals surface area contributed by atoms with Gasteiger partial charge in [0.05, 0.1) is 6.10 Å². The van der Waals surface area contributed by atoms with Crippen molar-refractivity contribution in [3.8, 4) is 0 Å². The molecule has 0 unspecified atom stereocenters. The molecule has 0 spiro atoms. The number of aliphatic hydroxyl groups excluding tert-OH is 1. The van der Waals surface area contributed by atoms with Crippen LogP contribution in [-0.2, 0) is 4.79 Å². The van der Waals surface area contributed by atoms with E-state index >= 15 is 0 Å². The number of carboxylic acids is 1. The van der Waals surface area contributed by atoms with Crippen LogP contribution in [0.5, 0.6) is 0 Å². The minimum atomic E-state index is -1.01. The van der Waals surface area contributed by atoms with Crippen LogP contribution in [0.4, 0.5) is 0 Å². The molecule has 1 aliphatic carbocycles. The molecule has 0 amide bonds. The van der Waals surface area contributed by atoms with Crippen molar-refractivity contribution >= 4 is 5.97 Å². The second-order valence-corrected chi connectivity index (χ2v) is 3.38. The van der Waals surface area contributed by atoms with E-state index in [1.807, 2.05) is 0 Å². The fourth-order valence-electron chi connectivity index (χ4n) is 1.74. The smallest absolute Gasteiger partial charge is 0.320 e. The Morgan fingerprint density at radius 3 is 2.50 bits per heavy atom. The lowest BCUT2D eigenvalue weighted by atomic mass is 9.82. The number of aliphatic hydroxyl groups is 1. The Kier molecular flexibility index (Phi) is 3.05. The van der Waals surface area contributed by atoms with Gasteiger partial charge in [-0.05, 0) is 12.8 Å². The summed E-state index contributed by atoms with van der Waals surface area (Å²) in [6, 6.07) is -0.903. The average Bonchev–Trinajstić information content (AvgIpc) is 2.04. The first-order chi connectivity index (χ1) is 5.63. The van der Waals surface area contributed by atoms with Gasteiger partial charge < -0.3 is 15.9 Å². The van der Waals surface area contributed by atoms with Gasteiger partial charge in [-0.15, -0.1) is 0 Å². The Bertz CT molecular complexity index is 172. The molecule has 0 aromatic carbocycles. The molecule has 70 valence electrons. The number of hydrogen-bond acceptors (Lipinski definition) is 3. The van der Waals surface area contributed by atoms with Crippen LogP contribution in [0.25, 0.3) is 0 Å². The van der Waals surface area contributed by atoms with Gasteiger partial charge in [0.15, 0.2) is 0 Å². The van der Waals surface area contributed by atoms with Crippen molar-refractivity contribution in [2.75, 3.05) is 0 Å². The van der Waals surface area contributed by atoms with Crippen LogP contribution in [0, 0.1) is 5.92 Å². The van der Waals surface area contributed by atoms with E-state index in [1.165, 1.54) is 0 Å². The van der Waals surface area contributed by atoms with E-state index in [9.17, 15) is 9.90 Å². The molecule has 0 heterocycles.